The fraction of sp³-hybridized carbons (Fsp3) is 0.545. The molecule has 0 N–H and O–H groups in total. The Hall–Kier alpha value is -2.88. The molecule has 2 aliphatic rings. The Balaban J connectivity index is 1.77. The third-order valence-electron chi connectivity index (χ3n) is 6.19. The van der Waals surface area contributed by atoms with Crippen molar-refractivity contribution in [1.82, 2.24) is 9.55 Å². The molecule has 0 radical (unpaired) electrons. The number of carbonyl (C=O) groups excluding carboxylic acids is 1. The van der Waals surface area contributed by atoms with E-state index in [1.165, 1.54) is 17.4 Å². The van der Waals surface area contributed by atoms with Gasteiger partial charge in [0.25, 0.3) is 5.56 Å². The van der Waals surface area contributed by atoms with Crippen LogP contribution in [0.5, 0.6) is 0 Å². The van der Waals surface area contributed by atoms with Gasteiger partial charge in [-0.15, -0.1) is 0 Å². The van der Waals surface area contributed by atoms with Crippen molar-refractivity contribution in [3.63, 3.8) is 0 Å². The van der Waals surface area contributed by atoms with Crippen molar-refractivity contribution in [2.75, 3.05) is 18.0 Å². The molecule has 7 heteroatoms. The minimum Gasteiger partial charge on any atom is -0.443 e. The second-order valence-electron chi connectivity index (χ2n) is 9.26. The number of carbonyl (C=O) groups is 1. The maximum absolute atomic E-state index is 13.2. The van der Waals surface area contributed by atoms with Crippen LogP contribution in [0.25, 0.3) is 10.9 Å². The highest BCUT2D eigenvalue weighted by molar-refractivity contribution is 5.94. The normalized spacial score (nSPS) is 17.9. The Kier molecular flexibility index (Phi) is 4.60. The van der Waals surface area contributed by atoms with E-state index in [-0.39, 0.29) is 12.3 Å². The number of nitrogens with zero attached hydrogens (tertiary/aromatic N) is 4. The number of ether oxygens (including phenoxy) is 1. The highest BCUT2D eigenvalue weighted by Crippen LogP contribution is 2.54. The molecule has 152 valence electrons. The summed E-state index contributed by atoms with van der Waals surface area (Å²) in [6, 6.07) is 3.94. The molecule has 0 amide bonds. The molecule has 2 fully saturated rings. The molecule has 0 atom stereocenters. The van der Waals surface area contributed by atoms with Gasteiger partial charge in [0, 0.05) is 24.7 Å². The summed E-state index contributed by atoms with van der Waals surface area (Å²) in [5.74, 6) is -0.408. The lowest BCUT2D eigenvalue weighted by Crippen LogP contribution is -2.37. The number of esters is 1. The van der Waals surface area contributed by atoms with Crippen molar-refractivity contribution < 1.29 is 9.53 Å². The molecule has 1 saturated heterocycles. The molecule has 2 aromatic heterocycles. The average Bonchev–Trinajstić information content (AvgIpc) is 3.45. The van der Waals surface area contributed by atoms with Gasteiger partial charge in [-0.3, -0.25) is 19.1 Å². The first-order valence-electron chi connectivity index (χ1n) is 10.1. The number of pyridine rings is 2. The van der Waals surface area contributed by atoms with Crippen LogP contribution in [0.4, 0.5) is 5.69 Å². The van der Waals surface area contributed by atoms with E-state index < -0.39 is 16.9 Å². The zero-order valence-electron chi connectivity index (χ0n) is 17.2. The number of rotatable bonds is 3. The van der Waals surface area contributed by atoms with Crippen LogP contribution in [0.1, 0.15) is 52.0 Å². The number of aromatic nitrogens is 2. The lowest BCUT2D eigenvalue weighted by atomic mass is 9.92. The highest BCUT2D eigenvalue weighted by Gasteiger charge is 2.45. The summed E-state index contributed by atoms with van der Waals surface area (Å²) in [5, 5.41) is 10.6. The Morgan fingerprint density at radius 1 is 1.28 bits per heavy atom. The monoisotopic (exact) mass is 394 g/mol. The number of anilines is 1. The van der Waals surface area contributed by atoms with Crippen molar-refractivity contribution >= 4 is 22.6 Å². The predicted octanol–water partition coefficient (Wildman–Crippen LogP) is 3.20. The van der Waals surface area contributed by atoms with Crippen LogP contribution < -0.4 is 10.5 Å². The Morgan fingerprint density at radius 3 is 2.55 bits per heavy atom. The van der Waals surface area contributed by atoms with Crippen LogP contribution in [0.2, 0.25) is 0 Å². The van der Waals surface area contributed by atoms with Crippen LogP contribution in [0, 0.1) is 22.2 Å². The summed E-state index contributed by atoms with van der Waals surface area (Å²) in [4.78, 5) is 31.7. The molecule has 29 heavy (non-hydrogen) atoms. The van der Waals surface area contributed by atoms with E-state index in [2.05, 4.69) is 16.0 Å². The van der Waals surface area contributed by atoms with Crippen LogP contribution >= 0.6 is 0 Å². The molecule has 0 bridgehead atoms. The molecule has 4 rings (SSSR count). The molecular weight excluding hydrogens is 368 g/mol. The van der Waals surface area contributed by atoms with Gasteiger partial charge in [-0.05, 0) is 57.9 Å². The molecule has 7 nitrogen and oxygen atoms in total. The largest absolute Gasteiger partial charge is 0.443 e. The van der Waals surface area contributed by atoms with E-state index in [1.807, 2.05) is 6.07 Å². The summed E-state index contributed by atoms with van der Waals surface area (Å²) in [7, 11) is 0. The van der Waals surface area contributed by atoms with Gasteiger partial charge in [-0.2, -0.15) is 5.26 Å². The van der Waals surface area contributed by atoms with Crippen LogP contribution in [-0.4, -0.2) is 28.6 Å². The molecule has 1 aliphatic heterocycles. The Morgan fingerprint density at radius 2 is 1.97 bits per heavy atom. The van der Waals surface area contributed by atoms with E-state index in [1.54, 1.807) is 33.2 Å². The van der Waals surface area contributed by atoms with E-state index >= 15 is 0 Å². The molecule has 1 aliphatic carbocycles. The van der Waals surface area contributed by atoms with Gasteiger partial charge < -0.3 is 9.64 Å². The van der Waals surface area contributed by atoms with Crippen LogP contribution in [0.15, 0.2) is 23.3 Å². The van der Waals surface area contributed by atoms with E-state index in [0.29, 0.717) is 16.6 Å². The van der Waals surface area contributed by atoms with Gasteiger partial charge in [0.15, 0.2) is 6.73 Å². The number of piperidine rings is 1. The Bertz CT molecular complexity index is 1060. The van der Waals surface area contributed by atoms with Crippen molar-refractivity contribution in [3.8, 4) is 6.07 Å². The summed E-state index contributed by atoms with van der Waals surface area (Å²) < 4.78 is 6.71. The second-order valence-corrected chi connectivity index (χ2v) is 9.26. The minimum atomic E-state index is -0.678. The molecule has 1 saturated carbocycles. The first kappa shape index (κ1) is 19.4. The second kappa shape index (κ2) is 6.87. The lowest BCUT2D eigenvalue weighted by Gasteiger charge is -2.35. The van der Waals surface area contributed by atoms with Crippen molar-refractivity contribution in [1.29, 1.82) is 5.26 Å². The van der Waals surface area contributed by atoms with Gasteiger partial charge in [0.05, 0.1) is 22.8 Å². The third-order valence-corrected chi connectivity index (χ3v) is 6.19. The van der Waals surface area contributed by atoms with E-state index in [0.717, 1.165) is 31.3 Å². The maximum Gasteiger partial charge on any atom is 0.312 e. The fourth-order valence-electron chi connectivity index (χ4n) is 4.06. The Labute approximate surface area is 169 Å². The van der Waals surface area contributed by atoms with E-state index in [9.17, 15) is 14.9 Å². The topological polar surface area (TPSA) is 88.2 Å². The average molecular weight is 394 g/mol. The SMILES string of the molecule is CC(C)(C)C(=O)OCn1c(=O)c(C#N)c(N2CCC3(CC2)CC3)c2ccncc21. The summed E-state index contributed by atoms with van der Waals surface area (Å²) in [6.07, 6.45) is 8.02. The third kappa shape index (κ3) is 3.48. The molecule has 0 unspecified atom stereocenters. The molecule has 2 aromatic rings. The predicted molar refractivity (Wildman–Crippen MR) is 109 cm³/mol. The standard InChI is InChI=1S/C22H26N4O3/c1-21(2,3)20(28)29-14-26-17-13-24-9-4-15(17)18(16(12-23)19(26)27)25-10-7-22(5-6-22)8-11-25/h4,9,13H,5-8,10-11,14H2,1-3H3. The van der Waals surface area contributed by atoms with Crippen LogP contribution in [0.3, 0.4) is 0 Å². The van der Waals surface area contributed by atoms with Crippen molar-refractivity contribution in [3.05, 3.63) is 34.4 Å². The summed E-state index contributed by atoms with van der Waals surface area (Å²) in [6.45, 7) is 6.71. The first-order valence-corrected chi connectivity index (χ1v) is 10.1. The van der Waals surface area contributed by atoms with Gasteiger partial charge in [-0.1, -0.05) is 0 Å². The zero-order valence-corrected chi connectivity index (χ0v) is 17.2. The smallest absolute Gasteiger partial charge is 0.312 e. The molecule has 3 heterocycles. The lowest BCUT2D eigenvalue weighted by molar-refractivity contribution is -0.156. The first-order chi connectivity index (χ1) is 13.8. The highest BCUT2D eigenvalue weighted by atomic mass is 16.5. The van der Waals surface area contributed by atoms with Gasteiger partial charge in [0.2, 0.25) is 0 Å². The van der Waals surface area contributed by atoms with Gasteiger partial charge in [-0.25, -0.2) is 0 Å². The summed E-state index contributed by atoms with van der Waals surface area (Å²) in [5.41, 5.74) is 0.723. The van der Waals surface area contributed by atoms with Gasteiger partial charge >= 0.3 is 5.97 Å². The number of fused-ring (bicyclic) bond motifs is 1. The zero-order chi connectivity index (χ0) is 20.8. The quantitative estimate of drug-likeness (QED) is 0.743. The van der Waals surface area contributed by atoms with Crippen molar-refractivity contribution in [2.45, 2.75) is 53.2 Å². The molecular formula is C22H26N4O3. The molecule has 1 spiro atoms. The number of hydrogen-bond acceptors (Lipinski definition) is 6. The van der Waals surface area contributed by atoms with Crippen LogP contribution in [-0.2, 0) is 16.3 Å². The fourth-order valence-corrected chi connectivity index (χ4v) is 4.06. The molecule has 0 aromatic carbocycles. The summed E-state index contributed by atoms with van der Waals surface area (Å²) >= 11 is 0. The number of hydrogen-bond donors (Lipinski definition) is 0. The van der Waals surface area contributed by atoms with Crippen molar-refractivity contribution in [2.24, 2.45) is 10.8 Å². The van der Waals surface area contributed by atoms with Gasteiger partial charge in [0.1, 0.15) is 11.6 Å². The maximum atomic E-state index is 13.2. The minimum absolute atomic E-state index is 0.0993. The number of nitriles is 1. The van der Waals surface area contributed by atoms with E-state index in [4.69, 9.17) is 4.74 Å².